The Labute approximate surface area is 177 Å². The van der Waals surface area contributed by atoms with Crippen LogP contribution in [0.1, 0.15) is 64.1 Å². The van der Waals surface area contributed by atoms with Gasteiger partial charge in [-0.05, 0) is 64.0 Å². The number of ether oxygens (including phenoxy) is 1. The van der Waals surface area contributed by atoms with E-state index in [0.717, 1.165) is 43.4 Å². The van der Waals surface area contributed by atoms with E-state index in [1.165, 1.54) is 0 Å². The number of fused-ring (bicyclic) bond motifs is 2. The predicted molar refractivity (Wildman–Crippen MR) is 111 cm³/mol. The third kappa shape index (κ3) is 4.09. The molecule has 0 aromatic carbocycles. The standard InChI is InChI=1S/C22H30ClN3O3/c1-21(2,3)29-20(28)25-17-10-15-5-4-7-22(15,11-17)19(27)26-8-6-18-14(13-26)9-16(23)12-24-18/h9,12,15,17H,4-8,10-11,13H2,1-3H3,(H,25,28)/t15-,17-,22-/m1/s1. The highest BCUT2D eigenvalue weighted by Crippen LogP contribution is 2.55. The molecule has 6 nitrogen and oxygen atoms in total. The predicted octanol–water partition coefficient (Wildman–Crippen LogP) is 4.09. The van der Waals surface area contributed by atoms with Crippen LogP contribution in [-0.4, -0.2) is 40.1 Å². The van der Waals surface area contributed by atoms with E-state index >= 15 is 0 Å². The number of amides is 2. The van der Waals surface area contributed by atoms with E-state index in [1.54, 1.807) is 6.20 Å². The third-order valence-corrected chi connectivity index (χ3v) is 6.78. The fourth-order valence-electron chi connectivity index (χ4n) is 5.46. The summed E-state index contributed by atoms with van der Waals surface area (Å²) in [5, 5.41) is 3.62. The highest BCUT2D eigenvalue weighted by Gasteiger charge is 2.56. The van der Waals surface area contributed by atoms with Gasteiger partial charge in [0.2, 0.25) is 5.91 Å². The van der Waals surface area contributed by atoms with Gasteiger partial charge in [-0.1, -0.05) is 18.0 Å². The maximum absolute atomic E-state index is 13.7. The van der Waals surface area contributed by atoms with Crippen LogP contribution in [-0.2, 0) is 22.5 Å². The summed E-state index contributed by atoms with van der Waals surface area (Å²) in [5.74, 6) is 0.563. The van der Waals surface area contributed by atoms with Crippen LogP contribution in [0.25, 0.3) is 0 Å². The molecule has 0 radical (unpaired) electrons. The van der Waals surface area contributed by atoms with Gasteiger partial charge in [-0.2, -0.15) is 0 Å². The van der Waals surface area contributed by atoms with Gasteiger partial charge >= 0.3 is 6.09 Å². The van der Waals surface area contributed by atoms with Crippen LogP contribution in [0.4, 0.5) is 4.79 Å². The Morgan fingerprint density at radius 3 is 2.93 bits per heavy atom. The van der Waals surface area contributed by atoms with Gasteiger partial charge in [0.1, 0.15) is 5.60 Å². The van der Waals surface area contributed by atoms with Crippen molar-refractivity contribution in [3.63, 3.8) is 0 Å². The number of alkyl carbamates (subject to hydrolysis) is 1. The number of hydrogen-bond acceptors (Lipinski definition) is 4. The first-order valence-electron chi connectivity index (χ1n) is 10.6. The van der Waals surface area contributed by atoms with Gasteiger partial charge in [0.25, 0.3) is 0 Å². The zero-order valence-corrected chi connectivity index (χ0v) is 18.2. The van der Waals surface area contributed by atoms with Gasteiger partial charge in [0.15, 0.2) is 0 Å². The first-order valence-corrected chi connectivity index (χ1v) is 11.0. The lowest BCUT2D eigenvalue weighted by molar-refractivity contribution is -0.144. The second kappa shape index (κ2) is 7.46. The lowest BCUT2D eigenvalue weighted by Crippen LogP contribution is -2.47. The molecule has 29 heavy (non-hydrogen) atoms. The summed E-state index contributed by atoms with van der Waals surface area (Å²) in [5.41, 5.74) is 1.20. The SMILES string of the molecule is CC(C)(C)OC(=O)N[C@@H]1C[C@H]2CCC[C@@]2(C(=O)N2CCc3ncc(Cl)cc3C2)C1. The number of hydrogen-bond donors (Lipinski definition) is 1. The molecule has 1 aromatic rings. The van der Waals surface area contributed by atoms with Crippen LogP contribution < -0.4 is 5.32 Å². The minimum atomic E-state index is -0.525. The fourth-order valence-corrected chi connectivity index (χ4v) is 5.64. The fraction of sp³-hybridized carbons (Fsp3) is 0.682. The average molecular weight is 420 g/mol. The maximum Gasteiger partial charge on any atom is 0.407 e. The Morgan fingerprint density at radius 1 is 1.38 bits per heavy atom. The molecular formula is C22H30ClN3O3. The van der Waals surface area contributed by atoms with Gasteiger partial charge in [-0.25, -0.2) is 4.79 Å². The highest BCUT2D eigenvalue weighted by molar-refractivity contribution is 6.30. The number of pyridine rings is 1. The molecule has 3 aliphatic rings. The molecule has 0 spiro atoms. The molecule has 0 saturated heterocycles. The monoisotopic (exact) mass is 419 g/mol. The molecule has 0 bridgehead atoms. The molecule has 4 rings (SSSR count). The van der Waals surface area contributed by atoms with Gasteiger partial charge < -0.3 is 15.0 Å². The molecule has 2 aliphatic carbocycles. The third-order valence-electron chi connectivity index (χ3n) is 6.58. The lowest BCUT2D eigenvalue weighted by Gasteiger charge is -2.37. The largest absolute Gasteiger partial charge is 0.444 e. The van der Waals surface area contributed by atoms with E-state index < -0.39 is 11.7 Å². The van der Waals surface area contributed by atoms with Crippen molar-refractivity contribution in [2.24, 2.45) is 11.3 Å². The number of aromatic nitrogens is 1. The molecule has 0 unspecified atom stereocenters. The molecule has 1 aliphatic heterocycles. The Balaban J connectivity index is 1.47. The smallest absolute Gasteiger partial charge is 0.407 e. The Hall–Kier alpha value is -1.82. The molecule has 158 valence electrons. The molecule has 1 aromatic heterocycles. The molecule has 2 saturated carbocycles. The molecule has 2 amide bonds. The zero-order chi connectivity index (χ0) is 20.8. The summed E-state index contributed by atoms with van der Waals surface area (Å²) < 4.78 is 5.42. The van der Waals surface area contributed by atoms with Crippen molar-refractivity contribution < 1.29 is 14.3 Å². The van der Waals surface area contributed by atoms with E-state index in [0.29, 0.717) is 30.5 Å². The van der Waals surface area contributed by atoms with Crippen LogP contribution in [0, 0.1) is 11.3 Å². The first-order chi connectivity index (χ1) is 13.7. The molecule has 1 N–H and O–H groups in total. The molecule has 2 heterocycles. The number of rotatable bonds is 2. The van der Waals surface area contributed by atoms with Crippen molar-refractivity contribution in [3.05, 3.63) is 28.5 Å². The average Bonchev–Trinajstić information content (AvgIpc) is 3.16. The van der Waals surface area contributed by atoms with Crippen LogP contribution in [0.2, 0.25) is 5.02 Å². The summed E-state index contributed by atoms with van der Waals surface area (Å²) in [4.78, 5) is 32.3. The molecular weight excluding hydrogens is 390 g/mol. The Kier molecular flexibility index (Phi) is 5.26. The summed E-state index contributed by atoms with van der Waals surface area (Å²) in [6.07, 6.45) is 6.63. The van der Waals surface area contributed by atoms with Crippen LogP contribution in [0.15, 0.2) is 12.3 Å². The van der Waals surface area contributed by atoms with Crippen LogP contribution in [0.5, 0.6) is 0 Å². The summed E-state index contributed by atoms with van der Waals surface area (Å²) in [6.45, 7) is 6.84. The zero-order valence-electron chi connectivity index (χ0n) is 17.5. The highest BCUT2D eigenvalue weighted by atomic mass is 35.5. The van der Waals surface area contributed by atoms with E-state index in [9.17, 15) is 9.59 Å². The quantitative estimate of drug-likeness (QED) is 0.783. The van der Waals surface area contributed by atoms with Crippen molar-refractivity contribution in [2.75, 3.05) is 6.54 Å². The van der Waals surface area contributed by atoms with Crippen LogP contribution >= 0.6 is 11.6 Å². The van der Waals surface area contributed by atoms with E-state index in [-0.39, 0.29) is 17.4 Å². The second-order valence-corrected chi connectivity index (χ2v) is 10.2. The van der Waals surface area contributed by atoms with Crippen molar-refractivity contribution in [3.8, 4) is 0 Å². The summed E-state index contributed by atoms with van der Waals surface area (Å²) in [6, 6.07) is 1.92. The van der Waals surface area contributed by atoms with Gasteiger partial charge in [-0.3, -0.25) is 9.78 Å². The van der Waals surface area contributed by atoms with Crippen molar-refractivity contribution in [2.45, 2.75) is 77.5 Å². The molecule has 7 heteroatoms. The molecule has 3 atom stereocenters. The number of nitrogens with one attached hydrogen (secondary N) is 1. The number of carbonyl (C=O) groups excluding carboxylic acids is 2. The number of carbonyl (C=O) groups is 2. The summed E-state index contributed by atoms with van der Waals surface area (Å²) >= 11 is 6.11. The van der Waals surface area contributed by atoms with Crippen molar-refractivity contribution in [1.82, 2.24) is 15.2 Å². The van der Waals surface area contributed by atoms with E-state index in [4.69, 9.17) is 16.3 Å². The topological polar surface area (TPSA) is 71.5 Å². The van der Waals surface area contributed by atoms with Crippen molar-refractivity contribution in [1.29, 1.82) is 0 Å². The minimum absolute atomic E-state index is 0.00714. The van der Waals surface area contributed by atoms with Crippen molar-refractivity contribution >= 4 is 23.6 Å². The number of nitrogens with zero attached hydrogens (tertiary/aromatic N) is 2. The van der Waals surface area contributed by atoms with Gasteiger partial charge in [-0.15, -0.1) is 0 Å². The second-order valence-electron chi connectivity index (χ2n) is 9.76. The Bertz CT molecular complexity index is 822. The van der Waals surface area contributed by atoms with Crippen LogP contribution in [0.3, 0.4) is 0 Å². The Morgan fingerprint density at radius 2 is 2.17 bits per heavy atom. The summed E-state index contributed by atoms with van der Waals surface area (Å²) in [7, 11) is 0. The number of halogens is 1. The minimum Gasteiger partial charge on any atom is -0.444 e. The first kappa shape index (κ1) is 20.5. The van der Waals surface area contributed by atoms with Gasteiger partial charge in [0, 0.05) is 37.4 Å². The normalized spacial score (nSPS) is 28.6. The van der Waals surface area contributed by atoms with Gasteiger partial charge in [0.05, 0.1) is 10.4 Å². The van der Waals surface area contributed by atoms with E-state index in [1.807, 2.05) is 31.7 Å². The van der Waals surface area contributed by atoms with E-state index in [2.05, 4.69) is 10.3 Å². The lowest BCUT2D eigenvalue weighted by atomic mass is 9.78. The maximum atomic E-state index is 13.7. The molecule has 2 fully saturated rings.